The predicted octanol–water partition coefficient (Wildman–Crippen LogP) is 0.597. The molecule has 0 fully saturated rings. The number of rotatable bonds is 3. The van der Waals surface area contributed by atoms with E-state index in [1.165, 1.54) is 13.2 Å². The van der Waals surface area contributed by atoms with Gasteiger partial charge in [0.05, 0.1) is 7.11 Å². The molecule has 0 bridgehead atoms. The zero-order valence-corrected chi connectivity index (χ0v) is 7.70. The second-order valence-corrected chi connectivity index (χ2v) is 2.40. The van der Waals surface area contributed by atoms with Gasteiger partial charge in [-0.2, -0.15) is 0 Å². The van der Waals surface area contributed by atoms with Crippen molar-refractivity contribution in [3.63, 3.8) is 0 Å². The summed E-state index contributed by atoms with van der Waals surface area (Å²) in [6, 6.07) is 4.20. The number of hydrogen-bond donors (Lipinski definition) is 2. The van der Waals surface area contributed by atoms with E-state index in [0.717, 1.165) is 6.08 Å². The van der Waals surface area contributed by atoms with Crippen LogP contribution in [-0.4, -0.2) is 18.0 Å². The second kappa shape index (κ2) is 4.27. The molecule has 1 radical (unpaired) electrons. The molecule has 1 amide bonds. The fourth-order valence-corrected chi connectivity index (χ4v) is 0.811. The van der Waals surface area contributed by atoms with Crippen molar-refractivity contribution in [1.29, 1.82) is 0 Å². The molecule has 0 aliphatic rings. The molecule has 73 valence electrons. The minimum Gasteiger partial charge on any atom is -0.493 e. The van der Waals surface area contributed by atoms with E-state index in [9.17, 15) is 4.79 Å². The van der Waals surface area contributed by atoms with Gasteiger partial charge in [-0.25, -0.2) is 4.98 Å². The molecular formula is C9H10N3O2. The molecule has 5 heteroatoms. The SMILES string of the molecule is C=CC(=O)Nc1[c]cc(OC)c(N)n1. The van der Waals surface area contributed by atoms with Crippen LogP contribution in [-0.2, 0) is 4.79 Å². The molecule has 0 unspecified atom stereocenters. The average molecular weight is 192 g/mol. The normalized spacial score (nSPS) is 9.21. The van der Waals surface area contributed by atoms with Crippen LogP contribution in [0.2, 0.25) is 0 Å². The fraction of sp³-hybridized carbons (Fsp3) is 0.111. The zero-order chi connectivity index (χ0) is 10.6. The third kappa shape index (κ3) is 2.22. The van der Waals surface area contributed by atoms with Gasteiger partial charge in [0.25, 0.3) is 0 Å². The summed E-state index contributed by atoms with van der Waals surface area (Å²) < 4.78 is 4.88. The van der Waals surface area contributed by atoms with Gasteiger partial charge >= 0.3 is 0 Å². The first-order chi connectivity index (χ1) is 6.67. The van der Waals surface area contributed by atoms with Crippen molar-refractivity contribution in [1.82, 2.24) is 4.98 Å². The molecule has 1 heterocycles. The third-order valence-electron chi connectivity index (χ3n) is 1.47. The summed E-state index contributed by atoms with van der Waals surface area (Å²) in [5, 5.41) is 2.42. The number of amides is 1. The quantitative estimate of drug-likeness (QED) is 0.687. The van der Waals surface area contributed by atoms with Gasteiger partial charge in [-0.1, -0.05) is 6.58 Å². The Hall–Kier alpha value is -2.04. The zero-order valence-electron chi connectivity index (χ0n) is 7.70. The van der Waals surface area contributed by atoms with Crippen molar-refractivity contribution in [2.45, 2.75) is 0 Å². The van der Waals surface area contributed by atoms with E-state index >= 15 is 0 Å². The van der Waals surface area contributed by atoms with Crippen LogP contribution in [0.5, 0.6) is 5.75 Å². The topological polar surface area (TPSA) is 77.2 Å². The lowest BCUT2D eigenvalue weighted by atomic mass is 10.4. The summed E-state index contributed by atoms with van der Waals surface area (Å²) >= 11 is 0. The molecular weight excluding hydrogens is 182 g/mol. The molecule has 0 saturated heterocycles. The van der Waals surface area contributed by atoms with Crippen LogP contribution in [0.1, 0.15) is 0 Å². The maximum absolute atomic E-state index is 10.9. The lowest BCUT2D eigenvalue weighted by Gasteiger charge is -2.05. The van der Waals surface area contributed by atoms with Crippen LogP contribution >= 0.6 is 0 Å². The maximum Gasteiger partial charge on any atom is 0.248 e. The van der Waals surface area contributed by atoms with Crippen molar-refractivity contribution in [3.8, 4) is 5.75 Å². The van der Waals surface area contributed by atoms with E-state index in [1.807, 2.05) is 0 Å². The van der Waals surface area contributed by atoms with Gasteiger partial charge in [0.15, 0.2) is 11.6 Å². The molecule has 1 aromatic rings. The first-order valence-electron chi connectivity index (χ1n) is 3.83. The maximum atomic E-state index is 10.9. The first-order valence-corrected chi connectivity index (χ1v) is 3.83. The van der Waals surface area contributed by atoms with Crippen molar-refractivity contribution in [2.75, 3.05) is 18.2 Å². The van der Waals surface area contributed by atoms with Crippen molar-refractivity contribution >= 4 is 17.5 Å². The lowest BCUT2D eigenvalue weighted by molar-refractivity contribution is -0.111. The Balaban J connectivity index is 2.86. The summed E-state index contributed by atoms with van der Waals surface area (Å²) in [4.78, 5) is 14.7. The van der Waals surface area contributed by atoms with Gasteiger partial charge in [0, 0.05) is 6.07 Å². The Kier molecular flexibility index (Phi) is 3.06. The van der Waals surface area contributed by atoms with Gasteiger partial charge < -0.3 is 15.8 Å². The number of pyridine rings is 1. The highest BCUT2D eigenvalue weighted by atomic mass is 16.5. The summed E-state index contributed by atoms with van der Waals surface area (Å²) in [6.45, 7) is 3.30. The molecule has 5 nitrogen and oxygen atoms in total. The van der Waals surface area contributed by atoms with Gasteiger partial charge in [-0.3, -0.25) is 4.79 Å². The molecule has 0 atom stereocenters. The molecule has 0 aliphatic heterocycles. The number of aromatic nitrogens is 1. The van der Waals surface area contributed by atoms with Crippen LogP contribution in [0.4, 0.5) is 11.6 Å². The number of carbonyl (C=O) groups is 1. The van der Waals surface area contributed by atoms with Gasteiger partial charge in [0.1, 0.15) is 5.82 Å². The fourth-order valence-electron chi connectivity index (χ4n) is 0.811. The number of nitrogens with two attached hydrogens (primary N) is 1. The van der Waals surface area contributed by atoms with E-state index < -0.39 is 0 Å². The minimum atomic E-state index is -0.363. The molecule has 1 aromatic heterocycles. The summed E-state index contributed by atoms with van der Waals surface area (Å²) in [5.41, 5.74) is 5.52. The molecule has 0 aliphatic carbocycles. The van der Waals surface area contributed by atoms with Crippen LogP contribution < -0.4 is 15.8 Å². The van der Waals surface area contributed by atoms with E-state index in [0.29, 0.717) is 5.75 Å². The third-order valence-corrected chi connectivity index (χ3v) is 1.47. The van der Waals surface area contributed by atoms with Crippen LogP contribution in [0.3, 0.4) is 0 Å². The van der Waals surface area contributed by atoms with Crippen molar-refractivity contribution in [2.24, 2.45) is 0 Å². The highest BCUT2D eigenvalue weighted by molar-refractivity contribution is 5.98. The number of nitrogens with one attached hydrogen (secondary N) is 1. The molecule has 3 N–H and O–H groups in total. The number of nitrogens with zero attached hydrogens (tertiary/aromatic N) is 1. The molecule has 0 aromatic carbocycles. The number of ether oxygens (including phenoxy) is 1. The van der Waals surface area contributed by atoms with Crippen molar-refractivity contribution in [3.05, 3.63) is 24.8 Å². The average Bonchev–Trinajstić information content (AvgIpc) is 2.18. The monoisotopic (exact) mass is 192 g/mol. The highest BCUT2D eigenvalue weighted by Gasteiger charge is 2.03. The number of nitrogen functional groups attached to an aromatic ring is 1. The largest absolute Gasteiger partial charge is 0.493 e. The van der Waals surface area contributed by atoms with E-state index in [2.05, 4.69) is 22.9 Å². The van der Waals surface area contributed by atoms with Crippen LogP contribution in [0, 0.1) is 6.07 Å². The highest BCUT2D eigenvalue weighted by Crippen LogP contribution is 2.19. The molecule has 0 saturated carbocycles. The number of carbonyl (C=O) groups excluding carboxylic acids is 1. The molecule has 14 heavy (non-hydrogen) atoms. The van der Waals surface area contributed by atoms with E-state index in [1.54, 1.807) is 0 Å². The Labute approximate surface area is 81.6 Å². The second-order valence-electron chi connectivity index (χ2n) is 2.40. The minimum absolute atomic E-state index is 0.200. The summed E-state index contributed by atoms with van der Waals surface area (Å²) in [6.07, 6.45) is 1.13. The summed E-state index contributed by atoms with van der Waals surface area (Å²) in [7, 11) is 1.48. The Morgan fingerprint density at radius 2 is 2.57 bits per heavy atom. The van der Waals surface area contributed by atoms with Crippen molar-refractivity contribution < 1.29 is 9.53 Å². The molecule has 0 spiro atoms. The Morgan fingerprint density at radius 3 is 3.07 bits per heavy atom. The van der Waals surface area contributed by atoms with E-state index in [-0.39, 0.29) is 17.5 Å². The standard InChI is InChI=1S/C9H10N3O2/c1-3-8(13)11-7-5-4-6(14-2)9(10)12-7/h3-4H,1H2,2H3,(H3,10,11,12,13). The smallest absolute Gasteiger partial charge is 0.248 e. The van der Waals surface area contributed by atoms with Crippen LogP contribution in [0.15, 0.2) is 18.7 Å². The van der Waals surface area contributed by atoms with Gasteiger partial charge in [0.2, 0.25) is 5.91 Å². The Morgan fingerprint density at radius 1 is 1.86 bits per heavy atom. The number of hydrogen-bond acceptors (Lipinski definition) is 4. The van der Waals surface area contributed by atoms with E-state index in [4.69, 9.17) is 10.5 Å². The number of anilines is 2. The number of methoxy groups -OCH3 is 1. The first kappa shape index (κ1) is 10.0. The molecule has 1 rings (SSSR count). The summed E-state index contributed by atoms with van der Waals surface area (Å²) in [5.74, 6) is 0.499. The van der Waals surface area contributed by atoms with Gasteiger partial charge in [-0.05, 0) is 12.1 Å². The lowest BCUT2D eigenvalue weighted by Crippen LogP contribution is -2.10. The Bertz CT molecular complexity index is 363. The van der Waals surface area contributed by atoms with Crippen LogP contribution in [0.25, 0.3) is 0 Å². The predicted molar refractivity (Wildman–Crippen MR) is 52.9 cm³/mol. The van der Waals surface area contributed by atoms with Gasteiger partial charge in [-0.15, -0.1) is 0 Å².